The molecule has 156 valence electrons. The zero-order chi connectivity index (χ0) is 21.8. The molecule has 1 aromatic heterocycles. The normalized spacial score (nSPS) is 11.8. The average Bonchev–Trinajstić information content (AvgIpc) is 2.71. The number of aromatic nitrogens is 1. The Morgan fingerprint density at radius 3 is 2.50 bits per heavy atom. The van der Waals surface area contributed by atoms with Gasteiger partial charge in [0.15, 0.2) is 5.84 Å². The maximum absolute atomic E-state index is 11.3. The highest BCUT2D eigenvalue weighted by Crippen LogP contribution is 2.35. The number of nitrogens with zero attached hydrogens (tertiary/aromatic N) is 2. The molecule has 2 aromatic carbocycles. The summed E-state index contributed by atoms with van der Waals surface area (Å²) in [6.07, 6.45) is -0.376. The van der Waals surface area contributed by atoms with Gasteiger partial charge in [-0.15, -0.1) is 0 Å². The van der Waals surface area contributed by atoms with Crippen LogP contribution in [-0.2, 0) is 13.0 Å². The molecule has 0 aliphatic heterocycles. The lowest BCUT2D eigenvalue weighted by atomic mass is 9.90. The van der Waals surface area contributed by atoms with Crippen molar-refractivity contribution in [2.24, 2.45) is 16.8 Å². The number of amidine groups is 1. The molecule has 0 aliphatic carbocycles. The summed E-state index contributed by atoms with van der Waals surface area (Å²) in [7, 11) is 0. The maximum Gasteiger partial charge on any atom is 0.404 e. The summed E-state index contributed by atoms with van der Waals surface area (Å²) >= 11 is 0. The Balaban J connectivity index is 2.37. The summed E-state index contributed by atoms with van der Waals surface area (Å²) in [6.45, 7) is 6.36. The van der Waals surface area contributed by atoms with Crippen molar-refractivity contribution in [2.75, 3.05) is 0 Å². The summed E-state index contributed by atoms with van der Waals surface area (Å²) < 4.78 is 0. The molecule has 0 aliphatic rings. The molecule has 1 amide bonds. The smallest absolute Gasteiger partial charge is 0.404 e. The first kappa shape index (κ1) is 21.1. The number of nitrogens with one attached hydrogen (secondary N) is 1. The van der Waals surface area contributed by atoms with Gasteiger partial charge in [-0.25, -0.2) is 4.79 Å². The molecule has 0 saturated carbocycles. The van der Waals surface area contributed by atoms with Crippen LogP contribution in [0.4, 0.5) is 4.79 Å². The molecule has 7 heteroatoms. The zero-order valence-corrected chi connectivity index (χ0v) is 17.3. The first-order valence-electron chi connectivity index (χ1n) is 9.77. The highest BCUT2D eigenvalue weighted by atomic mass is 16.4. The van der Waals surface area contributed by atoms with E-state index in [1.807, 2.05) is 43.3 Å². The molecule has 0 unspecified atom stereocenters. The quantitative estimate of drug-likeness (QED) is 0.211. The van der Waals surface area contributed by atoms with E-state index in [0.717, 1.165) is 38.9 Å². The van der Waals surface area contributed by atoms with Gasteiger partial charge in [-0.1, -0.05) is 48.8 Å². The molecule has 1 heterocycles. The number of carbonyl (C=O) groups is 1. The van der Waals surface area contributed by atoms with Crippen LogP contribution >= 0.6 is 0 Å². The van der Waals surface area contributed by atoms with E-state index in [1.54, 1.807) is 6.07 Å². The lowest BCUT2D eigenvalue weighted by Crippen LogP contribution is -2.22. The number of rotatable bonds is 6. The van der Waals surface area contributed by atoms with Crippen molar-refractivity contribution in [3.63, 3.8) is 0 Å². The van der Waals surface area contributed by atoms with E-state index in [9.17, 15) is 9.90 Å². The van der Waals surface area contributed by atoms with Gasteiger partial charge in [-0.05, 0) is 48.6 Å². The van der Waals surface area contributed by atoms with Crippen LogP contribution in [0.1, 0.15) is 36.2 Å². The number of benzene rings is 2. The molecule has 7 nitrogen and oxygen atoms in total. The van der Waals surface area contributed by atoms with Crippen LogP contribution in [-0.4, -0.2) is 27.2 Å². The minimum Gasteiger partial charge on any atom is -0.465 e. The third-order valence-electron chi connectivity index (χ3n) is 4.93. The lowest BCUT2D eigenvalue weighted by molar-refractivity contribution is 0.194. The molecule has 5 N–H and O–H groups in total. The van der Waals surface area contributed by atoms with Crippen molar-refractivity contribution in [1.82, 2.24) is 10.3 Å². The van der Waals surface area contributed by atoms with Gasteiger partial charge in [0.1, 0.15) is 0 Å². The molecule has 0 spiro atoms. The molecular weight excluding hydrogens is 380 g/mol. The van der Waals surface area contributed by atoms with Gasteiger partial charge < -0.3 is 21.4 Å². The summed E-state index contributed by atoms with van der Waals surface area (Å²) in [5.74, 6) is 0.351. The third kappa shape index (κ3) is 4.51. The molecule has 0 saturated heterocycles. The molecule has 30 heavy (non-hydrogen) atoms. The highest BCUT2D eigenvalue weighted by Gasteiger charge is 2.19. The van der Waals surface area contributed by atoms with Crippen molar-refractivity contribution < 1.29 is 15.1 Å². The lowest BCUT2D eigenvalue weighted by Gasteiger charge is -2.19. The molecule has 3 aromatic rings. The van der Waals surface area contributed by atoms with Gasteiger partial charge in [0, 0.05) is 28.8 Å². The number of aryl methyl sites for hydroxylation is 1. The van der Waals surface area contributed by atoms with Crippen molar-refractivity contribution >= 4 is 22.8 Å². The van der Waals surface area contributed by atoms with E-state index < -0.39 is 6.09 Å². The average molecular weight is 406 g/mol. The molecule has 0 bridgehead atoms. The fraction of sp³-hybridized carbons (Fsp3) is 0.261. The van der Waals surface area contributed by atoms with Crippen LogP contribution in [0.3, 0.4) is 0 Å². The summed E-state index contributed by atoms with van der Waals surface area (Å²) in [5, 5.41) is 24.7. The minimum absolute atomic E-state index is 0.00299. The van der Waals surface area contributed by atoms with E-state index >= 15 is 0 Å². The summed E-state index contributed by atoms with van der Waals surface area (Å²) in [6, 6.07) is 13.5. The summed E-state index contributed by atoms with van der Waals surface area (Å²) in [5.41, 5.74) is 11.8. The first-order chi connectivity index (χ1) is 14.3. The number of amides is 1. The number of hydrogen-bond donors (Lipinski definition) is 4. The second-order valence-electron chi connectivity index (χ2n) is 7.75. The number of nitrogens with two attached hydrogens (primary N) is 1. The van der Waals surface area contributed by atoms with Crippen molar-refractivity contribution in [2.45, 2.75) is 33.7 Å². The number of pyridine rings is 1. The van der Waals surface area contributed by atoms with Gasteiger partial charge in [0.25, 0.3) is 0 Å². The second-order valence-corrected chi connectivity index (χ2v) is 7.75. The number of hydrogen-bond acceptors (Lipinski definition) is 4. The van der Waals surface area contributed by atoms with E-state index in [1.165, 1.54) is 0 Å². The molecule has 0 fully saturated rings. The Labute approximate surface area is 175 Å². The largest absolute Gasteiger partial charge is 0.465 e. The Morgan fingerprint density at radius 1 is 1.20 bits per heavy atom. The van der Waals surface area contributed by atoms with Crippen LogP contribution in [0.25, 0.3) is 22.0 Å². The standard InChI is InChI=1S/C23H26N4O3/c1-13(2)10-20-18(12-25-23(28)29)21(15-6-4-14(3)5-7-15)17-11-16(22(24)27-30)8-9-19(17)26-20/h4-9,11,13,25,30H,10,12H2,1-3H3,(H2,24,27)(H,28,29). The molecule has 0 atom stereocenters. The van der Waals surface area contributed by atoms with Crippen LogP contribution in [0.2, 0.25) is 0 Å². The first-order valence-corrected chi connectivity index (χ1v) is 9.77. The fourth-order valence-electron chi connectivity index (χ4n) is 3.53. The van der Waals surface area contributed by atoms with Crippen molar-refractivity contribution in [3.05, 3.63) is 64.8 Å². The van der Waals surface area contributed by atoms with Gasteiger partial charge in [-0.2, -0.15) is 0 Å². The van der Waals surface area contributed by atoms with Gasteiger partial charge >= 0.3 is 6.09 Å². The monoisotopic (exact) mass is 406 g/mol. The molecule has 3 rings (SSSR count). The van der Waals surface area contributed by atoms with Gasteiger partial charge in [0.2, 0.25) is 0 Å². The third-order valence-corrected chi connectivity index (χ3v) is 4.93. The minimum atomic E-state index is -1.09. The molecule has 0 radical (unpaired) electrons. The SMILES string of the molecule is Cc1ccc(-c2c(CNC(=O)O)c(CC(C)C)nc3ccc(/C(N)=N/O)cc23)cc1. The predicted molar refractivity (Wildman–Crippen MR) is 118 cm³/mol. The highest BCUT2D eigenvalue weighted by molar-refractivity contribution is 6.04. The predicted octanol–water partition coefficient (Wildman–Crippen LogP) is 4.27. The van der Waals surface area contributed by atoms with E-state index in [-0.39, 0.29) is 12.4 Å². The molecular formula is C23H26N4O3. The number of fused-ring (bicyclic) bond motifs is 1. The second kappa shape index (κ2) is 8.82. The van der Waals surface area contributed by atoms with Crippen molar-refractivity contribution in [3.8, 4) is 11.1 Å². The van der Waals surface area contributed by atoms with Crippen LogP contribution in [0, 0.1) is 12.8 Å². The Kier molecular flexibility index (Phi) is 6.20. The van der Waals surface area contributed by atoms with Gasteiger partial charge in [-0.3, -0.25) is 4.98 Å². The summed E-state index contributed by atoms with van der Waals surface area (Å²) in [4.78, 5) is 16.1. The fourth-order valence-corrected chi connectivity index (χ4v) is 3.53. The topological polar surface area (TPSA) is 121 Å². The Morgan fingerprint density at radius 2 is 1.90 bits per heavy atom. The van der Waals surface area contributed by atoms with E-state index in [0.29, 0.717) is 17.9 Å². The van der Waals surface area contributed by atoms with Crippen LogP contribution in [0.5, 0.6) is 0 Å². The van der Waals surface area contributed by atoms with E-state index in [2.05, 4.69) is 24.3 Å². The Hall–Kier alpha value is -3.61. The number of oxime groups is 1. The Bertz CT molecular complexity index is 1110. The zero-order valence-electron chi connectivity index (χ0n) is 17.3. The van der Waals surface area contributed by atoms with Crippen LogP contribution < -0.4 is 11.1 Å². The van der Waals surface area contributed by atoms with Gasteiger partial charge in [0.05, 0.1) is 5.52 Å². The van der Waals surface area contributed by atoms with E-state index in [4.69, 9.17) is 15.9 Å². The maximum atomic E-state index is 11.3. The number of carboxylic acid groups (broad SMARTS) is 1. The van der Waals surface area contributed by atoms with Crippen molar-refractivity contribution in [1.29, 1.82) is 0 Å². The van der Waals surface area contributed by atoms with Crippen LogP contribution in [0.15, 0.2) is 47.6 Å².